The Morgan fingerprint density at radius 1 is 1.14 bits per heavy atom. The number of rotatable bonds is 9. The third-order valence-corrected chi connectivity index (χ3v) is 6.78. The quantitative estimate of drug-likeness (QED) is 0.377. The van der Waals surface area contributed by atoms with E-state index >= 15 is 0 Å². The van der Waals surface area contributed by atoms with Crippen LogP contribution in [0.5, 0.6) is 0 Å². The van der Waals surface area contributed by atoms with Crippen molar-refractivity contribution in [2.24, 2.45) is 5.92 Å². The second-order valence-corrected chi connectivity index (χ2v) is 10.3. The van der Waals surface area contributed by atoms with Crippen molar-refractivity contribution < 1.29 is 0 Å². The molecule has 1 aromatic carbocycles. The lowest BCUT2D eigenvalue weighted by Gasteiger charge is -2.35. The van der Waals surface area contributed by atoms with Crippen LogP contribution in [0.15, 0.2) is 53.6 Å². The number of fused-ring (bicyclic) bond motifs is 1. The van der Waals surface area contributed by atoms with Gasteiger partial charge < -0.3 is 4.98 Å². The van der Waals surface area contributed by atoms with E-state index in [1.165, 1.54) is 0 Å². The van der Waals surface area contributed by atoms with Crippen LogP contribution in [0.2, 0.25) is 0 Å². The fourth-order valence-corrected chi connectivity index (χ4v) is 4.53. The SMILES string of the molecule is CCC(C)(C)n1nnnc1[C@@H](C(C)C)N(Cc1cccnc1)Cc1cc2cc(C)ccc2[nH]c1=O. The lowest BCUT2D eigenvalue weighted by Crippen LogP contribution is -2.38. The summed E-state index contributed by atoms with van der Waals surface area (Å²) in [7, 11) is 0. The molecule has 0 spiro atoms. The third kappa shape index (κ3) is 5.32. The first kappa shape index (κ1) is 24.7. The van der Waals surface area contributed by atoms with Crippen LogP contribution >= 0.6 is 0 Å². The molecule has 0 bridgehead atoms. The van der Waals surface area contributed by atoms with E-state index in [0.29, 0.717) is 18.7 Å². The Morgan fingerprint density at radius 3 is 2.63 bits per heavy atom. The zero-order valence-electron chi connectivity index (χ0n) is 21.5. The van der Waals surface area contributed by atoms with Gasteiger partial charge in [-0.1, -0.05) is 38.5 Å². The summed E-state index contributed by atoms with van der Waals surface area (Å²) in [4.78, 5) is 22.8. The number of aromatic nitrogens is 6. The molecule has 0 saturated heterocycles. The molecule has 3 heterocycles. The van der Waals surface area contributed by atoms with Gasteiger partial charge in [-0.25, -0.2) is 4.68 Å². The molecule has 3 aromatic heterocycles. The van der Waals surface area contributed by atoms with Crippen molar-refractivity contribution in [1.29, 1.82) is 0 Å². The Labute approximate surface area is 206 Å². The van der Waals surface area contributed by atoms with Crippen LogP contribution in [-0.4, -0.2) is 35.1 Å². The summed E-state index contributed by atoms with van der Waals surface area (Å²) in [6, 6.07) is 12.0. The number of H-pyrrole nitrogens is 1. The Hall–Kier alpha value is -3.39. The first-order chi connectivity index (χ1) is 16.7. The number of tetrazole rings is 1. The maximum absolute atomic E-state index is 13.1. The molecular weight excluding hydrogens is 438 g/mol. The van der Waals surface area contributed by atoms with E-state index in [1.54, 1.807) is 6.20 Å². The van der Waals surface area contributed by atoms with Crippen molar-refractivity contribution in [2.45, 2.75) is 72.6 Å². The molecule has 184 valence electrons. The number of aryl methyl sites for hydroxylation is 1. The lowest BCUT2D eigenvalue weighted by atomic mass is 9.97. The fraction of sp³-hybridized carbons (Fsp3) is 0.444. The highest BCUT2D eigenvalue weighted by Gasteiger charge is 2.33. The first-order valence-corrected chi connectivity index (χ1v) is 12.2. The summed E-state index contributed by atoms with van der Waals surface area (Å²) in [6.07, 6.45) is 4.54. The molecular formula is C27H35N7O. The van der Waals surface area contributed by atoms with Gasteiger partial charge in [-0.05, 0) is 78.8 Å². The highest BCUT2D eigenvalue weighted by molar-refractivity contribution is 5.79. The summed E-state index contributed by atoms with van der Waals surface area (Å²) < 4.78 is 1.95. The Morgan fingerprint density at radius 2 is 1.94 bits per heavy atom. The minimum absolute atomic E-state index is 0.0754. The molecule has 0 amide bonds. The van der Waals surface area contributed by atoms with Crippen LogP contribution in [0.25, 0.3) is 10.9 Å². The van der Waals surface area contributed by atoms with E-state index in [1.807, 2.05) is 35.1 Å². The standard InChI is InChI=1S/C27H35N7O/c1-7-27(5,6)34-25(30-31-32-34)24(18(2)3)33(16-20-9-8-12-28-15-20)17-22-14-21-13-19(4)10-11-23(21)29-26(22)35/h8-15,18,24H,7,16-17H2,1-6H3,(H,29,35)/t24-/m1/s1. The fourth-order valence-electron chi connectivity index (χ4n) is 4.53. The van der Waals surface area contributed by atoms with E-state index in [0.717, 1.165) is 34.3 Å². The van der Waals surface area contributed by atoms with Gasteiger partial charge in [0.1, 0.15) is 0 Å². The van der Waals surface area contributed by atoms with E-state index in [-0.39, 0.29) is 23.1 Å². The molecule has 0 unspecified atom stereocenters. The molecule has 0 aliphatic carbocycles. The van der Waals surface area contributed by atoms with Gasteiger partial charge in [0.15, 0.2) is 5.82 Å². The molecule has 8 heteroatoms. The van der Waals surface area contributed by atoms with Crippen molar-refractivity contribution in [3.05, 3.63) is 81.7 Å². The normalized spacial score (nSPS) is 13.1. The molecule has 0 aliphatic heterocycles. The van der Waals surface area contributed by atoms with Crippen LogP contribution in [0.1, 0.15) is 69.6 Å². The molecule has 4 rings (SSSR count). The second-order valence-electron chi connectivity index (χ2n) is 10.3. The van der Waals surface area contributed by atoms with Gasteiger partial charge in [0.05, 0.1) is 11.6 Å². The molecule has 0 aliphatic rings. The van der Waals surface area contributed by atoms with Gasteiger partial charge in [0.2, 0.25) is 0 Å². The Balaban J connectivity index is 1.81. The van der Waals surface area contributed by atoms with Crippen molar-refractivity contribution in [1.82, 2.24) is 35.1 Å². The van der Waals surface area contributed by atoms with Crippen molar-refractivity contribution >= 4 is 10.9 Å². The number of hydrogen-bond acceptors (Lipinski definition) is 6. The molecule has 0 saturated carbocycles. The van der Waals surface area contributed by atoms with Crippen LogP contribution in [0.3, 0.4) is 0 Å². The smallest absolute Gasteiger partial charge is 0.252 e. The zero-order chi connectivity index (χ0) is 25.2. The summed E-state index contributed by atoms with van der Waals surface area (Å²) in [5.41, 5.74) is 3.48. The van der Waals surface area contributed by atoms with Crippen LogP contribution in [-0.2, 0) is 18.6 Å². The van der Waals surface area contributed by atoms with Gasteiger partial charge in [-0.3, -0.25) is 14.7 Å². The van der Waals surface area contributed by atoms with Crippen LogP contribution in [0, 0.1) is 12.8 Å². The topological polar surface area (TPSA) is 92.6 Å². The number of pyridine rings is 2. The number of aromatic amines is 1. The Bertz CT molecular complexity index is 1340. The average molecular weight is 474 g/mol. The Kier molecular flexibility index (Phi) is 7.12. The van der Waals surface area contributed by atoms with Gasteiger partial charge in [-0.15, -0.1) is 5.10 Å². The summed E-state index contributed by atoms with van der Waals surface area (Å²) in [5.74, 6) is 1.01. The predicted octanol–water partition coefficient (Wildman–Crippen LogP) is 4.76. The van der Waals surface area contributed by atoms with Crippen molar-refractivity contribution in [3.63, 3.8) is 0 Å². The highest BCUT2D eigenvalue weighted by atomic mass is 16.1. The number of hydrogen-bond donors (Lipinski definition) is 1. The molecule has 4 aromatic rings. The summed E-state index contributed by atoms with van der Waals surface area (Å²) >= 11 is 0. The minimum Gasteiger partial charge on any atom is -0.322 e. The number of nitrogens with zero attached hydrogens (tertiary/aromatic N) is 6. The summed E-state index contributed by atoms with van der Waals surface area (Å²) in [5, 5.41) is 14.0. The van der Waals surface area contributed by atoms with E-state index in [4.69, 9.17) is 0 Å². The van der Waals surface area contributed by atoms with Gasteiger partial charge in [-0.2, -0.15) is 0 Å². The molecule has 0 fully saturated rings. The van der Waals surface area contributed by atoms with E-state index in [9.17, 15) is 4.79 Å². The lowest BCUT2D eigenvalue weighted by molar-refractivity contribution is 0.117. The zero-order valence-corrected chi connectivity index (χ0v) is 21.5. The third-order valence-electron chi connectivity index (χ3n) is 6.78. The molecule has 8 nitrogen and oxygen atoms in total. The maximum Gasteiger partial charge on any atom is 0.252 e. The molecule has 1 atom stereocenters. The van der Waals surface area contributed by atoms with Gasteiger partial charge >= 0.3 is 0 Å². The predicted molar refractivity (Wildman–Crippen MR) is 138 cm³/mol. The van der Waals surface area contributed by atoms with Gasteiger partial charge in [0.25, 0.3) is 5.56 Å². The highest BCUT2D eigenvalue weighted by Crippen LogP contribution is 2.33. The van der Waals surface area contributed by atoms with Crippen molar-refractivity contribution in [2.75, 3.05) is 0 Å². The van der Waals surface area contributed by atoms with Crippen LogP contribution < -0.4 is 5.56 Å². The van der Waals surface area contributed by atoms with Crippen LogP contribution in [0.4, 0.5) is 0 Å². The monoisotopic (exact) mass is 473 g/mol. The number of nitrogens with one attached hydrogen (secondary N) is 1. The van der Waals surface area contributed by atoms with E-state index < -0.39 is 0 Å². The molecule has 0 radical (unpaired) electrons. The first-order valence-electron chi connectivity index (χ1n) is 12.2. The summed E-state index contributed by atoms with van der Waals surface area (Å²) in [6.45, 7) is 13.9. The average Bonchev–Trinajstić information content (AvgIpc) is 3.30. The largest absolute Gasteiger partial charge is 0.322 e. The number of benzene rings is 1. The second kappa shape index (κ2) is 10.1. The molecule has 1 N–H and O–H groups in total. The van der Waals surface area contributed by atoms with Gasteiger partial charge in [0, 0.05) is 36.6 Å². The minimum atomic E-state index is -0.232. The van der Waals surface area contributed by atoms with Crippen molar-refractivity contribution in [3.8, 4) is 0 Å². The van der Waals surface area contributed by atoms with E-state index in [2.05, 4.69) is 84.1 Å². The maximum atomic E-state index is 13.1. The molecule has 35 heavy (non-hydrogen) atoms.